The van der Waals surface area contributed by atoms with Gasteiger partial charge in [0.25, 0.3) is 0 Å². The van der Waals surface area contributed by atoms with Crippen LogP contribution in [0.4, 0.5) is 0 Å². The molecule has 28 heavy (non-hydrogen) atoms. The number of imidazole rings is 1. The number of nitrogens with zero attached hydrogens (tertiary/aromatic N) is 1. The summed E-state index contributed by atoms with van der Waals surface area (Å²) in [6.07, 6.45) is 3.84. The van der Waals surface area contributed by atoms with Gasteiger partial charge in [-0.3, -0.25) is 14.4 Å². The molecule has 0 bridgehead atoms. The number of carbonyl (C=O) groups excluding carboxylic acids is 3. The number of carboxylic acids is 1. The van der Waals surface area contributed by atoms with E-state index < -0.39 is 41.8 Å². The Kier molecular flexibility index (Phi) is 9.60. The number of carboxylic acid groups (broad SMARTS) is 1. The highest BCUT2D eigenvalue weighted by Crippen LogP contribution is 2.04. The maximum atomic E-state index is 12.6. The number of unbranched alkanes of at least 4 members (excludes halogenated alkanes) is 1. The number of H-pyrrole nitrogens is 1. The number of amides is 3. The lowest BCUT2D eigenvalue weighted by Gasteiger charge is -2.22. The summed E-state index contributed by atoms with van der Waals surface area (Å²) in [4.78, 5) is 53.8. The van der Waals surface area contributed by atoms with Crippen LogP contribution in [0, 0.1) is 0 Å². The lowest BCUT2D eigenvalue weighted by molar-refractivity contribution is -0.142. The largest absolute Gasteiger partial charge is 0.480 e. The summed E-state index contributed by atoms with van der Waals surface area (Å²) < 4.78 is 0. The van der Waals surface area contributed by atoms with E-state index in [2.05, 4.69) is 20.6 Å². The third-order valence-electron chi connectivity index (χ3n) is 3.93. The van der Waals surface area contributed by atoms with Crippen LogP contribution < -0.4 is 27.8 Å². The van der Waals surface area contributed by atoms with Crippen molar-refractivity contribution in [2.75, 3.05) is 6.54 Å². The molecular weight excluding hydrogens is 370 g/mol. The minimum atomic E-state index is -1.23. The summed E-state index contributed by atoms with van der Waals surface area (Å²) in [5, 5.41) is 14.1. The van der Waals surface area contributed by atoms with E-state index in [1.165, 1.54) is 12.5 Å². The highest BCUT2D eigenvalue weighted by Gasteiger charge is 2.28. The summed E-state index contributed by atoms with van der Waals surface area (Å²) in [6.45, 7) is 0.413. The molecule has 0 spiro atoms. The highest BCUT2D eigenvalue weighted by molar-refractivity contribution is 5.93. The summed E-state index contributed by atoms with van der Waals surface area (Å²) in [5.41, 5.74) is 16.6. The van der Waals surface area contributed by atoms with Crippen molar-refractivity contribution < 1.29 is 24.3 Å². The fourth-order valence-electron chi connectivity index (χ4n) is 2.44. The molecular formula is C16H27N7O5. The van der Waals surface area contributed by atoms with E-state index in [0.717, 1.165) is 0 Å². The number of carbonyl (C=O) groups is 4. The Hall–Kier alpha value is -2.99. The molecule has 0 fully saturated rings. The zero-order chi connectivity index (χ0) is 21.1. The second-order valence-corrected chi connectivity index (χ2v) is 6.30. The van der Waals surface area contributed by atoms with Crippen LogP contribution in [0.15, 0.2) is 12.5 Å². The molecule has 12 nitrogen and oxygen atoms in total. The van der Waals surface area contributed by atoms with E-state index in [4.69, 9.17) is 17.2 Å². The van der Waals surface area contributed by atoms with Crippen LogP contribution in [0.5, 0.6) is 0 Å². The average molecular weight is 397 g/mol. The number of nitrogens with two attached hydrogens (primary N) is 3. The molecule has 3 amide bonds. The quantitative estimate of drug-likeness (QED) is 0.174. The maximum Gasteiger partial charge on any atom is 0.326 e. The SMILES string of the molecule is NCCCC[C@H](NC(=O)[C@H](Cc1cnc[nH]1)NC(=O)[C@@H](N)CC(N)=O)C(=O)O. The second kappa shape index (κ2) is 11.7. The third kappa shape index (κ3) is 8.14. The third-order valence-corrected chi connectivity index (χ3v) is 3.93. The smallest absolute Gasteiger partial charge is 0.326 e. The normalized spacial score (nSPS) is 13.9. The first-order valence-corrected chi connectivity index (χ1v) is 8.79. The van der Waals surface area contributed by atoms with E-state index in [1.807, 2.05) is 0 Å². The zero-order valence-corrected chi connectivity index (χ0v) is 15.4. The lowest BCUT2D eigenvalue weighted by atomic mass is 10.1. The Balaban J connectivity index is 2.84. The highest BCUT2D eigenvalue weighted by atomic mass is 16.4. The minimum Gasteiger partial charge on any atom is -0.480 e. The predicted octanol–water partition coefficient (Wildman–Crippen LogP) is -2.66. The van der Waals surface area contributed by atoms with Crippen molar-refractivity contribution in [1.29, 1.82) is 0 Å². The number of aromatic amines is 1. The number of nitrogens with one attached hydrogen (secondary N) is 3. The van der Waals surface area contributed by atoms with Crippen molar-refractivity contribution >= 4 is 23.7 Å². The van der Waals surface area contributed by atoms with Crippen LogP contribution in [-0.4, -0.2) is 63.4 Å². The molecule has 0 aliphatic heterocycles. The molecule has 1 aromatic rings. The number of rotatable bonds is 13. The molecule has 0 aromatic carbocycles. The van der Waals surface area contributed by atoms with Gasteiger partial charge in [-0.05, 0) is 25.8 Å². The first-order chi connectivity index (χ1) is 13.2. The van der Waals surface area contributed by atoms with Crippen molar-refractivity contribution in [3.63, 3.8) is 0 Å². The monoisotopic (exact) mass is 397 g/mol. The predicted molar refractivity (Wildman–Crippen MR) is 98.5 cm³/mol. The average Bonchev–Trinajstić information content (AvgIpc) is 3.12. The number of aromatic nitrogens is 2. The molecule has 3 atom stereocenters. The van der Waals surface area contributed by atoms with Crippen LogP contribution in [-0.2, 0) is 25.6 Å². The first-order valence-electron chi connectivity index (χ1n) is 8.79. The minimum absolute atomic E-state index is 0.0238. The van der Waals surface area contributed by atoms with Gasteiger partial charge in [0.15, 0.2) is 0 Å². The Morgan fingerprint density at radius 1 is 1.14 bits per heavy atom. The van der Waals surface area contributed by atoms with Crippen LogP contribution in [0.3, 0.4) is 0 Å². The Morgan fingerprint density at radius 3 is 2.36 bits per heavy atom. The molecule has 0 aliphatic rings. The van der Waals surface area contributed by atoms with Gasteiger partial charge in [-0.15, -0.1) is 0 Å². The number of primary amides is 1. The van der Waals surface area contributed by atoms with Crippen LogP contribution >= 0.6 is 0 Å². The van der Waals surface area contributed by atoms with Gasteiger partial charge >= 0.3 is 5.97 Å². The summed E-state index contributed by atoms with van der Waals surface area (Å²) in [7, 11) is 0. The Morgan fingerprint density at radius 2 is 1.82 bits per heavy atom. The van der Waals surface area contributed by atoms with Crippen LogP contribution in [0.1, 0.15) is 31.4 Å². The van der Waals surface area contributed by atoms with Crippen LogP contribution in [0.25, 0.3) is 0 Å². The molecule has 12 heteroatoms. The van der Waals surface area contributed by atoms with Gasteiger partial charge < -0.3 is 37.9 Å². The maximum absolute atomic E-state index is 12.6. The van der Waals surface area contributed by atoms with Crippen molar-refractivity contribution in [3.05, 3.63) is 18.2 Å². The van der Waals surface area contributed by atoms with Crippen molar-refractivity contribution in [2.45, 2.75) is 50.2 Å². The van der Waals surface area contributed by atoms with Gasteiger partial charge in [0, 0.05) is 18.3 Å². The van der Waals surface area contributed by atoms with E-state index in [-0.39, 0.29) is 19.3 Å². The number of hydrogen-bond acceptors (Lipinski definition) is 7. The van der Waals surface area contributed by atoms with E-state index in [1.54, 1.807) is 0 Å². The number of hydrogen-bond donors (Lipinski definition) is 7. The molecule has 0 saturated heterocycles. The fourth-order valence-corrected chi connectivity index (χ4v) is 2.44. The lowest BCUT2D eigenvalue weighted by Crippen LogP contribution is -2.55. The molecule has 0 radical (unpaired) electrons. The van der Waals surface area contributed by atoms with E-state index in [9.17, 15) is 24.3 Å². The van der Waals surface area contributed by atoms with Crippen molar-refractivity contribution in [1.82, 2.24) is 20.6 Å². The first kappa shape index (κ1) is 23.0. The van der Waals surface area contributed by atoms with Gasteiger partial charge in [-0.25, -0.2) is 9.78 Å². The molecule has 156 valence electrons. The molecule has 10 N–H and O–H groups in total. The fraction of sp³-hybridized carbons (Fsp3) is 0.562. The number of aliphatic carboxylic acids is 1. The Labute approximate surface area is 161 Å². The van der Waals surface area contributed by atoms with E-state index in [0.29, 0.717) is 25.1 Å². The standard InChI is InChI=1S/C16H27N7O5/c17-4-2-1-3-11(16(27)28)22-15(26)12(5-9-7-20-8-21-9)23-14(25)10(18)6-13(19)24/h7-8,10-12H,1-6,17-18H2,(H2,19,24)(H,20,21)(H,22,26)(H,23,25)(H,27,28)/t10-,11-,12-/m0/s1. The summed E-state index contributed by atoms with van der Waals surface area (Å²) >= 11 is 0. The van der Waals surface area contributed by atoms with Gasteiger partial charge in [0.2, 0.25) is 17.7 Å². The van der Waals surface area contributed by atoms with Gasteiger partial charge in [0.1, 0.15) is 12.1 Å². The summed E-state index contributed by atoms with van der Waals surface area (Å²) in [5.74, 6) is -3.41. The second-order valence-electron chi connectivity index (χ2n) is 6.30. The molecule has 0 saturated carbocycles. The van der Waals surface area contributed by atoms with Gasteiger partial charge in [-0.1, -0.05) is 0 Å². The molecule has 1 heterocycles. The summed E-state index contributed by atoms with van der Waals surface area (Å²) in [6, 6.07) is -3.47. The molecule has 0 unspecified atom stereocenters. The Bertz CT molecular complexity index is 664. The van der Waals surface area contributed by atoms with Crippen LogP contribution in [0.2, 0.25) is 0 Å². The van der Waals surface area contributed by atoms with Gasteiger partial charge in [0.05, 0.1) is 18.8 Å². The molecule has 0 aliphatic carbocycles. The van der Waals surface area contributed by atoms with Crippen molar-refractivity contribution in [3.8, 4) is 0 Å². The topological polar surface area (TPSA) is 219 Å². The van der Waals surface area contributed by atoms with E-state index >= 15 is 0 Å². The molecule has 1 aromatic heterocycles. The zero-order valence-electron chi connectivity index (χ0n) is 15.4. The van der Waals surface area contributed by atoms with Gasteiger partial charge in [-0.2, -0.15) is 0 Å². The van der Waals surface area contributed by atoms with Crippen molar-refractivity contribution in [2.24, 2.45) is 17.2 Å². The molecule has 1 rings (SSSR count).